The highest BCUT2D eigenvalue weighted by Crippen LogP contribution is 2.33. The highest BCUT2D eigenvalue weighted by atomic mass is 32.2. The van der Waals surface area contributed by atoms with Crippen molar-refractivity contribution < 1.29 is 32.7 Å². The maximum Gasteiger partial charge on any atom is 0.294 e. The maximum absolute atomic E-state index is 10.4. The smallest absolute Gasteiger partial charge is 0.294 e. The summed E-state index contributed by atoms with van der Waals surface area (Å²) in [5.74, 6) is 2.26. The summed E-state index contributed by atoms with van der Waals surface area (Å²) in [6.07, 6.45) is 0. The Morgan fingerprint density at radius 3 is 2.05 bits per heavy atom. The van der Waals surface area contributed by atoms with Crippen molar-refractivity contribution >= 4 is 21.7 Å². The van der Waals surface area contributed by atoms with E-state index in [0.29, 0.717) is 32.1 Å². The lowest BCUT2D eigenvalue weighted by molar-refractivity contribution is 0.189. The summed E-state index contributed by atoms with van der Waals surface area (Å²) < 4.78 is 47.0. The minimum Gasteiger partial charge on any atom is -0.497 e. The van der Waals surface area contributed by atoms with E-state index in [1.807, 2.05) is 30.5 Å². The van der Waals surface area contributed by atoms with Gasteiger partial charge in [0.05, 0.1) is 30.9 Å². The van der Waals surface area contributed by atoms with Gasteiger partial charge < -0.3 is 24.6 Å². The molecule has 0 saturated heterocycles. The molecule has 40 heavy (non-hydrogen) atoms. The second-order valence-electron chi connectivity index (χ2n) is 8.71. The molecule has 0 fully saturated rings. The second-order valence-corrected chi connectivity index (χ2v) is 10.1. The third kappa shape index (κ3) is 7.96. The third-order valence-electron chi connectivity index (χ3n) is 5.91. The summed E-state index contributed by atoms with van der Waals surface area (Å²) in [5, 5.41) is 4.79. The van der Waals surface area contributed by atoms with Gasteiger partial charge in [0, 0.05) is 32.9 Å². The Hall–Kier alpha value is -3.62. The Bertz CT molecular complexity index is 1490. The van der Waals surface area contributed by atoms with Gasteiger partial charge in [-0.2, -0.15) is 23.0 Å². The van der Waals surface area contributed by atoms with Gasteiger partial charge in [0.2, 0.25) is 5.95 Å². The predicted molar refractivity (Wildman–Crippen MR) is 153 cm³/mol. The quantitative estimate of drug-likeness (QED) is 0.278. The number of methoxy groups -OCH3 is 3. The van der Waals surface area contributed by atoms with E-state index < -0.39 is 10.1 Å². The minimum atomic E-state index is -4.00. The summed E-state index contributed by atoms with van der Waals surface area (Å²) in [4.78, 5) is 11.5. The normalized spacial score (nSPS) is 11.0. The van der Waals surface area contributed by atoms with Crippen LogP contribution in [0.1, 0.15) is 17.1 Å². The molecule has 0 spiro atoms. The van der Waals surface area contributed by atoms with Crippen LogP contribution < -0.4 is 9.64 Å². The van der Waals surface area contributed by atoms with Crippen molar-refractivity contribution in [2.24, 2.45) is 0 Å². The van der Waals surface area contributed by atoms with Crippen molar-refractivity contribution in [1.82, 2.24) is 19.6 Å². The van der Waals surface area contributed by atoms with Crippen molar-refractivity contribution in [2.75, 3.05) is 52.5 Å². The van der Waals surface area contributed by atoms with Crippen LogP contribution in [0, 0.1) is 20.8 Å². The van der Waals surface area contributed by atoms with Crippen LogP contribution in [0.2, 0.25) is 0 Å². The van der Waals surface area contributed by atoms with Crippen molar-refractivity contribution in [3.63, 3.8) is 0 Å². The van der Waals surface area contributed by atoms with Gasteiger partial charge in [-0.05, 0) is 56.2 Å². The molecular weight excluding hydrogens is 538 g/mol. The van der Waals surface area contributed by atoms with Gasteiger partial charge in [-0.3, -0.25) is 4.55 Å². The van der Waals surface area contributed by atoms with Crippen molar-refractivity contribution in [2.45, 2.75) is 25.7 Å². The first-order chi connectivity index (χ1) is 18.6. The van der Waals surface area contributed by atoms with Crippen molar-refractivity contribution in [1.29, 1.82) is 0 Å². The van der Waals surface area contributed by atoms with Crippen LogP contribution in [0.15, 0.2) is 53.4 Å². The lowest BCUT2D eigenvalue weighted by Crippen LogP contribution is -2.33. The molecule has 0 atom stereocenters. The van der Waals surface area contributed by atoms with E-state index in [-0.39, 0.29) is 10.4 Å². The van der Waals surface area contributed by atoms with Crippen LogP contribution in [0.5, 0.6) is 5.75 Å². The summed E-state index contributed by atoms with van der Waals surface area (Å²) >= 11 is 0. The van der Waals surface area contributed by atoms with Crippen LogP contribution in [-0.4, -0.2) is 85.7 Å². The van der Waals surface area contributed by atoms with E-state index >= 15 is 0 Å². The molecule has 0 aliphatic rings. The summed E-state index contributed by atoms with van der Waals surface area (Å²) in [7, 11) is 1.06. The molecule has 2 aromatic heterocycles. The molecule has 0 radical (unpaired) electrons. The number of nitrogens with zero attached hydrogens (tertiary/aromatic N) is 5. The van der Waals surface area contributed by atoms with Gasteiger partial charge in [0.15, 0.2) is 5.65 Å². The van der Waals surface area contributed by atoms with Crippen molar-refractivity contribution in [3.05, 3.63) is 65.6 Å². The van der Waals surface area contributed by atoms with E-state index in [4.69, 9.17) is 28.8 Å². The molecule has 12 nitrogen and oxygen atoms in total. The molecule has 4 aromatic rings. The molecule has 0 amide bonds. The van der Waals surface area contributed by atoms with Crippen molar-refractivity contribution in [3.8, 4) is 16.9 Å². The van der Waals surface area contributed by atoms with Crippen LogP contribution >= 0.6 is 0 Å². The van der Waals surface area contributed by atoms with Gasteiger partial charge in [-0.1, -0.05) is 24.3 Å². The van der Waals surface area contributed by atoms with E-state index in [1.54, 1.807) is 39.5 Å². The first-order valence-corrected chi connectivity index (χ1v) is 13.7. The number of fused-ring (bicyclic) bond motifs is 1. The number of rotatable bonds is 10. The molecule has 218 valence electrons. The molecule has 0 saturated carbocycles. The Labute approximate surface area is 234 Å². The second kappa shape index (κ2) is 14.7. The summed E-state index contributed by atoms with van der Waals surface area (Å²) in [5.41, 5.74) is 4.89. The fourth-order valence-electron chi connectivity index (χ4n) is 4.00. The number of hydrogen-bond donors (Lipinski definition) is 1. The Morgan fingerprint density at radius 1 is 0.925 bits per heavy atom. The first-order valence-electron chi connectivity index (χ1n) is 12.2. The largest absolute Gasteiger partial charge is 0.497 e. The predicted octanol–water partition coefficient (Wildman–Crippen LogP) is 2.93. The number of aryl methyl sites for hydroxylation is 3. The summed E-state index contributed by atoms with van der Waals surface area (Å²) in [6.45, 7) is 8.50. The van der Waals surface area contributed by atoms with Gasteiger partial charge in [-0.15, -0.1) is 0 Å². The molecular formula is C27H37N5O7S. The number of hydrogen-bond acceptors (Lipinski definition) is 9. The zero-order chi connectivity index (χ0) is 28.6. The molecule has 0 bridgehead atoms. The van der Waals surface area contributed by atoms with Gasteiger partial charge in [-0.25, -0.2) is 4.98 Å². The lowest BCUT2D eigenvalue weighted by Gasteiger charge is -2.23. The fourth-order valence-corrected chi connectivity index (χ4v) is 4.50. The Kier molecular flexibility index (Phi) is 12.0. The zero-order valence-electron chi connectivity index (χ0n) is 23.6. The fraction of sp³-hybridized carbons (Fsp3) is 0.370. The standard InChI is InChI=1S/C21H29N5O3.C6H6O3S.H2O/c1-14-13-17(29-6)7-8-18(14)19-15(2)24-26-20(19)22-16(3)23-21(26)25(9-11-27-4)10-12-28-5;7-10(8,9)6-4-2-1-3-5-6;/h7-8,13H,9-12H2,1-6H3;1-5H,(H,7,8,9);1H2. The lowest BCUT2D eigenvalue weighted by atomic mass is 10.0. The van der Waals surface area contributed by atoms with E-state index in [2.05, 4.69) is 22.9 Å². The van der Waals surface area contributed by atoms with E-state index in [0.717, 1.165) is 39.7 Å². The highest BCUT2D eigenvalue weighted by Gasteiger charge is 2.21. The molecule has 2 heterocycles. The molecule has 4 rings (SSSR count). The van der Waals surface area contributed by atoms with Gasteiger partial charge in [0.25, 0.3) is 10.1 Å². The number of benzene rings is 2. The molecule has 0 unspecified atom stereocenters. The topological polar surface area (TPSA) is 160 Å². The maximum atomic E-state index is 10.4. The minimum absolute atomic E-state index is 0. The molecule has 3 N–H and O–H groups in total. The number of anilines is 1. The molecule has 2 aromatic carbocycles. The Balaban J connectivity index is 0.000000431. The molecule has 0 aliphatic heterocycles. The van der Waals surface area contributed by atoms with Crippen LogP contribution in [0.25, 0.3) is 16.8 Å². The van der Waals surface area contributed by atoms with E-state index in [1.165, 1.54) is 12.1 Å². The van der Waals surface area contributed by atoms with Gasteiger partial charge >= 0.3 is 0 Å². The number of ether oxygens (including phenoxy) is 3. The Morgan fingerprint density at radius 2 is 1.55 bits per heavy atom. The highest BCUT2D eigenvalue weighted by molar-refractivity contribution is 7.85. The first kappa shape index (κ1) is 32.6. The van der Waals surface area contributed by atoms with Gasteiger partial charge in [0.1, 0.15) is 11.6 Å². The molecule has 13 heteroatoms. The summed E-state index contributed by atoms with van der Waals surface area (Å²) in [6, 6.07) is 13.5. The number of aromatic nitrogens is 4. The zero-order valence-corrected chi connectivity index (χ0v) is 24.4. The van der Waals surface area contributed by atoms with E-state index in [9.17, 15) is 8.42 Å². The van der Waals surface area contributed by atoms with Crippen LogP contribution in [-0.2, 0) is 19.6 Å². The van der Waals surface area contributed by atoms with Crippen LogP contribution in [0.4, 0.5) is 5.95 Å². The van der Waals surface area contributed by atoms with Crippen LogP contribution in [0.3, 0.4) is 0 Å². The third-order valence-corrected chi connectivity index (χ3v) is 6.78. The average molecular weight is 576 g/mol. The monoisotopic (exact) mass is 575 g/mol. The average Bonchev–Trinajstić information content (AvgIpc) is 3.24. The SMILES string of the molecule is COCCN(CCOC)c1nc(C)nc2c(-c3ccc(OC)cc3C)c(C)nn12.O.O=S(=O)(O)c1ccccc1. The molecule has 0 aliphatic carbocycles.